The Kier molecular flexibility index (Phi) is 6.23. The van der Waals surface area contributed by atoms with Crippen molar-refractivity contribution in [1.29, 1.82) is 0 Å². The van der Waals surface area contributed by atoms with E-state index in [1.807, 2.05) is 0 Å². The van der Waals surface area contributed by atoms with Crippen molar-refractivity contribution in [2.45, 2.75) is 38.1 Å². The zero-order valence-corrected chi connectivity index (χ0v) is 13.4. The number of hydrogen-bond donors (Lipinski definition) is 2. The van der Waals surface area contributed by atoms with Crippen LogP contribution in [0, 0.1) is 0 Å². The van der Waals surface area contributed by atoms with Crippen molar-refractivity contribution < 1.29 is 0 Å². The van der Waals surface area contributed by atoms with E-state index in [1.54, 1.807) is 0 Å². The van der Waals surface area contributed by atoms with Gasteiger partial charge in [0.15, 0.2) is 0 Å². The first-order valence-electron chi connectivity index (χ1n) is 8.31. The van der Waals surface area contributed by atoms with Crippen molar-refractivity contribution in [2.75, 3.05) is 59.4 Å². The summed E-state index contributed by atoms with van der Waals surface area (Å²) in [5.74, 6) is 0. The number of hydrazine groups is 1. The lowest BCUT2D eigenvalue weighted by Crippen LogP contribution is -2.62. The molecule has 20 heavy (non-hydrogen) atoms. The Bertz CT molecular complexity index is 277. The fourth-order valence-corrected chi connectivity index (χ4v) is 3.41. The van der Waals surface area contributed by atoms with E-state index in [0.29, 0.717) is 0 Å². The van der Waals surface area contributed by atoms with Gasteiger partial charge >= 0.3 is 0 Å². The largest absolute Gasteiger partial charge is 0.329 e. The van der Waals surface area contributed by atoms with Crippen molar-refractivity contribution in [2.24, 2.45) is 5.73 Å². The van der Waals surface area contributed by atoms with E-state index < -0.39 is 0 Å². The van der Waals surface area contributed by atoms with Gasteiger partial charge < -0.3 is 15.5 Å². The van der Waals surface area contributed by atoms with Gasteiger partial charge in [0.1, 0.15) is 0 Å². The second-order valence-electron chi connectivity index (χ2n) is 6.58. The third-order valence-electron chi connectivity index (χ3n) is 4.87. The van der Waals surface area contributed by atoms with E-state index >= 15 is 0 Å². The highest BCUT2D eigenvalue weighted by Gasteiger charge is 2.33. The topological polar surface area (TPSA) is 47.8 Å². The van der Waals surface area contributed by atoms with E-state index in [4.69, 9.17) is 5.73 Å². The van der Waals surface area contributed by atoms with Gasteiger partial charge in [-0.15, -0.1) is 0 Å². The molecule has 0 aromatic rings. The molecule has 0 spiro atoms. The molecule has 0 aromatic carbocycles. The van der Waals surface area contributed by atoms with Crippen LogP contribution in [0.3, 0.4) is 0 Å². The predicted molar refractivity (Wildman–Crippen MR) is 84.6 cm³/mol. The maximum Gasteiger partial charge on any atom is 0.0460 e. The van der Waals surface area contributed by atoms with Crippen LogP contribution in [0.1, 0.15) is 32.6 Å². The molecule has 118 valence electrons. The van der Waals surface area contributed by atoms with Crippen LogP contribution in [0.2, 0.25) is 0 Å². The molecule has 2 saturated heterocycles. The van der Waals surface area contributed by atoms with E-state index in [9.17, 15) is 0 Å². The molecule has 2 heterocycles. The normalized spacial score (nSPS) is 31.4. The van der Waals surface area contributed by atoms with Gasteiger partial charge in [-0.25, -0.2) is 10.4 Å². The number of rotatable bonds is 5. The molecule has 2 rings (SSSR count). The summed E-state index contributed by atoms with van der Waals surface area (Å²) in [4.78, 5) is 4.99. The summed E-state index contributed by atoms with van der Waals surface area (Å²) in [5.41, 5.74) is 10.1. The van der Waals surface area contributed by atoms with Gasteiger partial charge in [0.05, 0.1) is 0 Å². The molecule has 5 nitrogen and oxygen atoms in total. The Morgan fingerprint density at radius 3 is 2.45 bits per heavy atom. The van der Waals surface area contributed by atoms with E-state index in [-0.39, 0.29) is 5.54 Å². The molecule has 0 saturated carbocycles. The maximum atomic E-state index is 6.15. The Labute approximate surface area is 124 Å². The summed E-state index contributed by atoms with van der Waals surface area (Å²) in [5, 5.41) is 2.41. The number of nitrogens with zero attached hydrogens (tertiary/aromatic N) is 3. The SMILES string of the molecule is CCCN1CCCC(CN)(NN2CCN(C)CC2)CC1. The minimum absolute atomic E-state index is 0.123. The van der Waals surface area contributed by atoms with Gasteiger partial charge in [0.25, 0.3) is 0 Å². The van der Waals surface area contributed by atoms with Gasteiger partial charge in [0, 0.05) is 38.3 Å². The average Bonchev–Trinajstić information content (AvgIpc) is 2.66. The Balaban J connectivity index is 1.88. The molecule has 2 aliphatic rings. The van der Waals surface area contributed by atoms with Crippen molar-refractivity contribution in [3.05, 3.63) is 0 Å². The standard InChI is InChI=1S/C15H33N5/c1-3-7-19-8-4-5-15(14-16,6-9-19)17-20-12-10-18(2)11-13-20/h17H,3-14,16H2,1-2H3. The molecule has 5 heteroatoms. The number of hydrogen-bond acceptors (Lipinski definition) is 5. The lowest BCUT2D eigenvalue weighted by atomic mass is 9.91. The van der Waals surface area contributed by atoms with Crippen LogP contribution < -0.4 is 11.2 Å². The molecule has 2 aliphatic heterocycles. The van der Waals surface area contributed by atoms with Crippen molar-refractivity contribution >= 4 is 0 Å². The number of nitrogens with two attached hydrogens (primary N) is 1. The molecule has 3 N–H and O–H groups in total. The maximum absolute atomic E-state index is 6.15. The second-order valence-corrected chi connectivity index (χ2v) is 6.58. The molecular formula is C15H33N5. The van der Waals surface area contributed by atoms with Crippen LogP contribution >= 0.6 is 0 Å². The number of likely N-dealkylation sites (N-methyl/N-ethyl adjacent to an activating group) is 1. The molecular weight excluding hydrogens is 250 g/mol. The first-order chi connectivity index (χ1) is 9.67. The molecule has 2 fully saturated rings. The van der Waals surface area contributed by atoms with Gasteiger partial charge in [-0.2, -0.15) is 0 Å². The molecule has 0 amide bonds. The molecule has 0 radical (unpaired) electrons. The molecule has 0 aromatic heterocycles. The second kappa shape index (κ2) is 7.71. The molecule has 1 atom stereocenters. The summed E-state index contributed by atoms with van der Waals surface area (Å²) in [6, 6.07) is 0. The fraction of sp³-hybridized carbons (Fsp3) is 1.00. The fourth-order valence-electron chi connectivity index (χ4n) is 3.41. The van der Waals surface area contributed by atoms with E-state index in [2.05, 4.69) is 34.2 Å². The van der Waals surface area contributed by atoms with Crippen LogP contribution in [-0.2, 0) is 0 Å². The highest BCUT2D eigenvalue weighted by atomic mass is 15.5. The van der Waals surface area contributed by atoms with Crippen LogP contribution in [0.5, 0.6) is 0 Å². The first-order valence-corrected chi connectivity index (χ1v) is 8.31. The molecule has 1 unspecified atom stereocenters. The summed E-state index contributed by atoms with van der Waals surface area (Å²) < 4.78 is 0. The minimum Gasteiger partial charge on any atom is -0.329 e. The van der Waals surface area contributed by atoms with Gasteiger partial charge in [-0.05, 0) is 52.4 Å². The number of piperazine rings is 1. The quantitative estimate of drug-likeness (QED) is 0.761. The summed E-state index contributed by atoms with van der Waals surface area (Å²) in [7, 11) is 2.20. The van der Waals surface area contributed by atoms with Gasteiger partial charge in [-0.1, -0.05) is 6.92 Å². The Morgan fingerprint density at radius 1 is 1.05 bits per heavy atom. The summed E-state index contributed by atoms with van der Waals surface area (Å²) >= 11 is 0. The van der Waals surface area contributed by atoms with Crippen LogP contribution in [0.25, 0.3) is 0 Å². The van der Waals surface area contributed by atoms with Gasteiger partial charge in [0.2, 0.25) is 0 Å². The van der Waals surface area contributed by atoms with Crippen molar-refractivity contribution in [3.63, 3.8) is 0 Å². The minimum atomic E-state index is 0.123. The van der Waals surface area contributed by atoms with E-state index in [0.717, 1.165) is 32.7 Å². The van der Waals surface area contributed by atoms with Crippen LogP contribution in [-0.4, -0.2) is 79.8 Å². The molecule has 0 aliphatic carbocycles. The highest BCUT2D eigenvalue weighted by molar-refractivity contribution is 4.92. The third kappa shape index (κ3) is 4.40. The Hall–Kier alpha value is -0.200. The summed E-state index contributed by atoms with van der Waals surface area (Å²) in [6.45, 7) is 11.2. The Morgan fingerprint density at radius 2 is 1.80 bits per heavy atom. The van der Waals surface area contributed by atoms with Crippen molar-refractivity contribution in [1.82, 2.24) is 20.2 Å². The number of likely N-dealkylation sites (tertiary alicyclic amines) is 1. The molecule has 0 bridgehead atoms. The van der Waals surface area contributed by atoms with Crippen LogP contribution in [0.4, 0.5) is 0 Å². The lowest BCUT2D eigenvalue weighted by molar-refractivity contribution is 0.0485. The first kappa shape index (κ1) is 16.2. The van der Waals surface area contributed by atoms with Crippen molar-refractivity contribution in [3.8, 4) is 0 Å². The van der Waals surface area contributed by atoms with E-state index in [1.165, 1.54) is 45.3 Å². The highest BCUT2D eigenvalue weighted by Crippen LogP contribution is 2.22. The lowest BCUT2D eigenvalue weighted by Gasteiger charge is -2.41. The zero-order valence-electron chi connectivity index (χ0n) is 13.4. The summed E-state index contributed by atoms with van der Waals surface area (Å²) in [6.07, 6.45) is 4.89. The number of nitrogens with one attached hydrogen (secondary N) is 1. The van der Waals surface area contributed by atoms with Gasteiger partial charge in [-0.3, -0.25) is 0 Å². The predicted octanol–water partition coefficient (Wildman–Crippen LogP) is 0.332. The zero-order chi connectivity index (χ0) is 14.4. The van der Waals surface area contributed by atoms with Crippen LogP contribution in [0.15, 0.2) is 0 Å². The smallest absolute Gasteiger partial charge is 0.0460 e. The third-order valence-corrected chi connectivity index (χ3v) is 4.87. The monoisotopic (exact) mass is 283 g/mol. The average molecular weight is 283 g/mol.